The van der Waals surface area contributed by atoms with Crippen LogP contribution in [0.25, 0.3) is 22.3 Å². The van der Waals surface area contributed by atoms with E-state index in [0.717, 1.165) is 53.9 Å². The van der Waals surface area contributed by atoms with Crippen molar-refractivity contribution in [1.29, 1.82) is 0 Å². The van der Waals surface area contributed by atoms with Gasteiger partial charge < -0.3 is 15.0 Å². The summed E-state index contributed by atoms with van der Waals surface area (Å²) in [6.45, 7) is 6.31. The molecule has 10 nitrogen and oxygen atoms in total. The van der Waals surface area contributed by atoms with E-state index in [1.54, 1.807) is 13.3 Å². The molecule has 208 valence electrons. The van der Waals surface area contributed by atoms with Crippen LogP contribution in [-0.2, 0) is 21.1 Å². The van der Waals surface area contributed by atoms with Crippen molar-refractivity contribution in [3.63, 3.8) is 0 Å². The lowest BCUT2D eigenvalue weighted by molar-refractivity contribution is -0.00642. The van der Waals surface area contributed by atoms with E-state index in [-0.39, 0.29) is 28.5 Å². The molecule has 1 N–H and O–H groups in total. The van der Waals surface area contributed by atoms with Crippen LogP contribution in [0.15, 0.2) is 66.0 Å². The largest absolute Gasteiger partial charge is 0.381 e. The Bertz CT molecular complexity index is 1670. The third-order valence-corrected chi connectivity index (χ3v) is 8.28. The molecule has 1 atom stereocenters. The van der Waals surface area contributed by atoms with Crippen molar-refractivity contribution < 1.29 is 17.9 Å². The highest BCUT2D eigenvalue weighted by atomic mass is 32.2. The smallest absolute Gasteiger partial charge is 0.253 e. The van der Waals surface area contributed by atoms with Gasteiger partial charge >= 0.3 is 0 Å². The number of nitrogens with one attached hydrogen (secondary N) is 1. The van der Waals surface area contributed by atoms with Gasteiger partial charge in [0.25, 0.3) is 5.91 Å². The van der Waals surface area contributed by atoms with Gasteiger partial charge in [0.15, 0.2) is 9.84 Å². The molecule has 1 aliphatic rings. The monoisotopic (exact) mass is 560 g/mol. The summed E-state index contributed by atoms with van der Waals surface area (Å²) in [6.07, 6.45) is 6.49. The summed E-state index contributed by atoms with van der Waals surface area (Å²) in [5, 5.41) is 3.64. The van der Waals surface area contributed by atoms with E-state index >= 15 is 0 Å². The Balaban J connectivity index is 1.33. The number of hydrogen-bond acceptors (Lipinski definition) is 9. The highest BCUT2D eigenvalue weighted by molar-refractivity contribution is 7.90. The second-order valence-electron chi connectivity index (χ2n) is 10.7. The summed E-state index contributed by atoms with van der Waals surface area (Å²) in [5.74, 6) is 0.468. The molecular weight excluding hydrogens is 528 g/mol. The van der Waals surface area contributed by atoms with Crippen LogP contribution in [0.3, 0.4) is 0 Å². The summed E-state index contributed by atoms with van der Waals surface area (Å²) in [4.78, 5) is 33.0. The maximum atomic E-state index is 12.6. The molecule has 0 spiro atoms. The fourth-order valence-corrected chi connectivity index (χ4v) is 5.62. The van der Waals surface area contributed by atoms with Gasteiger partial charge in [-0.15, -0.1) is 0 Å². The highest BCUT2D eigenvalue weighted by Crippen LogP contribution is 2.33. The normalized spacial score (nSPS) is 17.1. The van der Waals surface area contributed by atoms with Gasteiger partial charge in [-0.3, -0.25) is 14.8 Å². The van der Waals surface area contributed by atoms with Crippen molar-refractivity contribution in [3.05, 3.63) is 72.3 Å². The molecule has 5 rings (SSSR count). The first-order valence-electron chi connectivity index (χ1n) is 13.0. The molecule has 0 aliphatic carbocycles. The van der Waals surface area contributed by atoms with Crippen molar-refractivity contribution in [2.75, 3.05) is 31.4 Å². The number of amides is 1. The molecule has 4 aromatic rings. The molecule has 40 heavy (non-hydrogen) atoms. The summed E-state index contributed by atoms with van der Waals surface area (Å²) >= 11 is 0. The van der Waals surface area contributed by atoms with Gasteiger partial charge in [0.2, 0.25) is 0 Å². The van der Waals surface area contributed by atoms with Crippen molar-refractivity contribution >= 4 is 32.5 Å². The van der Waals surface area contributed by atoms with Crippen LogP contribution in [0.5, 0.6) is 0 Å². The minimum absolute atomic E-state index is 0.0116. The van der Waals surface area contributed by atoms with Crippen LogP contribution in [0.1, 0.15) is 36.3 Å². The second-order valence-corrected chi connectivity index (χ2v) is 12.7. The lowest BCUT2D eigenvalue weighted by Crippen LogP contribution is -2.49. The van der Waals surface area contributed by atoms with E-state index < -0.39 is 15.7 Å². The summed E-state index contributed by atoms with van der Waals surface area (Å²) in [5.41, 5.74) is 3.03. The zero-order valence-electron chi connectivity index (χ0n) is 23.0. The van der Waals surface area contributed by atoms with E-state index in [4.69, 9.17) is 14.7 Å². The van der Waals surface area contributed by atoms with Crippen LogP contribution in [-0.4, -0.2) is 66.8 Å². The maximum absolute atomic E-state index is 12.6. The molecule has 1 fully saturated rings. The average molecular weight is 561 g/mol. The number of ether oxygens (including phenoxy) is 1. The predicted molar refractivity (Wildman–Crippen MR) is 153 cm³/mol. The standard InChI is InChI=1S/C29H32N6O4S/c1-29(2)18-35(11-10-26(29)39-3)27-7-5-6-23(34-27)24-9-8-19-15-31-21(13-25(19)33-24)16-32-28(36)20-12-22(17-30-14-20)40(4,37)38/h5-9,12-15,17,26H,10-11,16,18H2,1-4H3,(H,32,36). The molecular formula is C29H32N6O4S. The van der Waals surface area contributed by atoms with Crippen LogP contribution < -0.4 is 10.2 Å². The summed E-state index contributed by atoms with van der Waals surface area (Å²) in [7, 11) is -1.69. The zero-order chi connectivity index (χ0) is 28.5. The van der Waals surface area contributed by atoms with E-state index in [1.807, 2.05) is 36.4 Å². The third-order valence-electron chi connectivity index (χ3n) is 7.20. The zero-order valence-corrected chi connectivity index (χ0v) is 23.8. The number of anilines is 1. The number of hydrogen-bond donors (Lipinski definition) is 1. The fourth-order valence-electron chi connectivity index (χ4n) is 5.03. The fraction of sp³-hybridized carbons (Fsp3) is 0.345. The molecule has 0 radical (unpaired) electrons. The molecule has 0 saturated carbocycles. The Kier molecular flexibility index (Phi) is 7.52. The molecule has 4 aromatic heterocycles. The van der Waals surface area contributed by atoms with E-state index in [0.29, 0.717) is 5.69 Å². The van der Waals surface area contributed by atoms with Crippen LogP contribution >= 0.6 is 0 Å². The van der Waals surface area contributed by atoms with E-state index in [9.17, 15) is 13.2 Å². The number of methoxy groups -OCH3 is 1. The molecule has 1 amide bonds. The van der Waals surface area contributed by atoms with Crippen molar-refractivity contribution in [2.24, 2.45) is 5.41 Å². The van der Waals surface area contributed by atoms with Gasteiger partial charge in [-0.05, 0) is 42.8 Å². The van der Waals surface area contributed by atoms with E-state index in [2.05, 4.69) is 34.0 Å². The van der Waals surface area contributed by atoms with Crippen molar-refractivity contribution in [1.82, 2.24) is 25.3 Å². The number of carbonyl (C=O) groups excluding carboxylic acids is 1. The molecule has 1 saturated heterocycles. The second kappa shape index (κ2) is 10.9. The minimum atomic E-state index is -3.47. The lowest BCUT2D eigenvalue weighted by atomic mass is 9.81. The SMILES string of the molecule is COC1CCN(c2cccc(-c3ccc4cnc(CNC(=O)c5cncc(S(C)(=O)=O)c5)cc4n3)n2)CC1(C)C. The maximum Gasteiger partial charge on any atom is 0.253 e. The van der Waals surface area contributed by atoms with Crippen LogP contribution in [0.2, 0.25) is 0 Å². The average Bonchev–Trinajstić information content (AvgIpc) is 2.94. The highest BCUT2D eigenvalue weighted by Gasteiger charge is 2.36. The Morgan fingerprint density at radius 1 is 1.10 bits per heavy atom. The summed E-state index contributed by atoms with van der Waals surface area (Å²) in [6, 6.07) is 13.0. The number of piperidine rings is 1. The molecule has 11 heteroatoms. The topological polar surface area (TPSA) is 127 Å². The number of pyridine rings is 4. The predicted octanol–water partition coefficient (Wildman–Crippen LogP) is 3.67. The molecule has 0 bridgehead atoms. The quantitative estimate of drug-likeness (QED) is 0.360. The number of aromatic nitrogens is 4. The third kappa shape index (κ3) is 5.95. The number of nitrogens with zero attached hydrogens (tertiary/aromatic N) is 5. The van der Waals surface area contributed by atoms with E-state index in [1.165, 1.54) is 18.5 Å². The molecule has 5 heterocycles. The van der Waals surface area contributed by atoms with Crippen molar-refractivity contribution in [3.8, 4) is 11.4 Å². The Morgan fingerprint density at radius 3 is 2.65 bits per heavy atom. The number of carbonyl (C=O) groups is 1. The molecule has 1 aliphatic heterocycles. The van der Waals surface area contributed by atoms with Crippen LogP contribution in [0.4, 0.5) is 5.82 Å². The Hall–Kier alpha value is -3.96. The first-order chi connectivity index (χ1) is 19.0. The van der Waals surface area contributed by atoms with Gasteiger partial charge in [-0.1, -0.05) is 19.9 Å². The number of fused-ring (bicyclic) bond motifs is 1. The van der Waals surface area contributed by atoms with Gasteiger partial charge in [0.1, 0.15) is 5.82 Å². The van der Waals surface area contributed by atoms with Gasteiger partial charge in [0, 0.05) is 55.8 Å². The first kappa shape index (κ1) is 27.6. The van der Waals surface area contributed by atoms with Gasteiger partial charge in [-0.2, -0.15) is 0 Å². The number of rotatable bonds is 7. The lowest BCUT2D eigenvalue weighted by Gasteiger charge is -2.44. The van der Waals surface area contributed by atoms with Gasteiger partial charge in [0.05, 0.1) is 45.7 Å². The number of sulfone groups is 1. The van der Waals surface area contributed by atoms with Gasteiger partial charge in [-0.25, -0.2) is 18.4 Å². The van der Waals surface area contributed by atoms with Crippen LogP contribution in [0, 0.1) is 5.41 Å². The molecule has 1 unspecified atom stereocenters. The molecule has 0 aromatic carbocycles. The Morgan fingerprint density at radius 2 is 1.90 bits per heavy atom. The Labute approximate surface area is 233 Å². The van der Waals surface area contributed by atoms with Crippen molar-refractivity contribution in [2.45, 2.75) is 37.8 Å². The minimum Gasteiger partial charge on any atom is -0.381 e. The summed E-state index contributed by atoms with van der Waals surface area (Å²) < 4.78 is 29.3. The first-order valence-corrected chi connectivity index (χ1v) is 14.9.